The van der Waals surface area contributed by atoms with Crippen LogP contribution in [0.15, 0.2) is 30.3 Å². The van der Waals surface area contributed by atoms with Crippen molar-refractivity contribution in [3.63, 3.8) is 0 Å². The number of nitrogens with two attached hydrogens (primary N) is 2. The van der Waals surface area contributed by atoms with Gasteiger partial charge in [-0.25, -0.2) is 10.2 Å². The second-order valence-corrected chi connectivity index (χ2v) is 11.8. The first-order valence-corrected chi connectivity index (χ1v) is 20.4. The van der Waals surface area contributed by atoms with Crippen LogP contribution in [-0.4, -0.2) is 92.6 Å². The summed E-state index contributed by atoms with van der Waals surface area (Å²) in [4.78, 5) is 18.3. The maximum Gasteiger partial charge on any atom is 1.00 e. The van der Waals surface area contributed by atoms with Crippen LogP contribution in [0.1, 0.15) is 45.4 Å². The molecule has 2 aliphatic heterocycles. The Morgan fingerprint density at radius 1 is 0.918 bits per heavy atom. The summed E-state index contributed by atoms with van der Waals surface area (Å²) >= 11 is 10.7. The van der Waals surface area contributed by atoms with E-state index in [4.69, 9.17) is 45.6 Å². The number of ether oxygens (including phenoxy) is 4. The molecule has 0 unspecified atom stereocenters. The average molecular weight is 875 g/mol. The summed E-state index contributed by atoms with van der Waals surface area (Å²) in [7, 11) is 3.30. The van der Waals surface area contributed by atoms with Crippen molar-refractivity contribution in [2.45, 2.75) is 45.4 Å². The largest absolute Gasteiger partial charge is 1.00 e. The second-order valence-electron chi connectivity index (χ2n) is 10.5. The number of halogens is 2. The Labute approximate surface area is 357 Å². The zero-order valence-corrected chi connectivity index (χ0v) is 36.7. The van der Waals surface area contributed by atoms with Gasteiger partial charge in [-0.2, -0.15) is 0 Å². The number of benzene rings is 2. The van der Waals surface area contributed by atoms with Gasteiger partial charge < -0.3 is 57.9 Å². The molecule has 2 fully saturated rings. The van der Waals surface area contributed by atoms with E-state index in [2.05, 4.69) is 55.7 Å². The van der Waals surface area contributed by atoms with Crippen LogP contribution in [0, 0.1) is 10.7 Å². The Morgan fingerprint density at radius 3 is 1.82 bits per heavy atom. The van der Waals surface area contributed by atoms with Gasteiger partial charge in [0.05, 0.1) is 37.6 Å². The van der Waals surface area contributed by atoms with E-state index in [1.165, 1.54) is 68.6 Å². The summed E-state index contributed by atoms with van der Waals surface area (Å²) in [6, 6.07) is 9.33. The van der Waals surface area contributed by atoms with Crippen molar-refractivity contribution >= 4 is 79.2 Å². The van der Waals surface area contributed by atoms with Crippen LogP contribution in [0.5, 0.6) is 23.0 Å². The molecule has 5 rings (SSSR count). The van der Waals surface area contributed by atoms with Crippen molar-refractivity contribution in [2.75, 3.05) is 78.2 Å². The first-order valence-electron chi connectivity index (χ1n) is 15.4. The van der Waals surface area contributed by atoms with Gasteiger partial charge in [0.15, 0.2) is 28.1 Å². The molecule has 3 aromatic rings. The molecule has 0 radical (unpaired) electrons. The van der Waals surface area contributed by atoms with E-state index < -0.39 is 5.97 Å². The standard InChI is InChI=1S/C15H21N3O2S.C14H22N2O2.C2H4O2.CHNS.Br2.K/c1-19-12-10-14-11(17-15(16)21-14)9-13(12)20-8-4-7-18-5-2-3-6-18;1-17-13-6-5-12(15)11-14(13)18-10-4-9-16-7-2-3-8-16;1-2(3)4;2-1-3;1-2;/h9-10H,2-8H2,1H3,(H2,16,17);5-6,11H,2-4,7-10,15H2,1H3;1H3,(H,3,4);3H;;/q;;;;;+1/p-1. The van der Waals surface area contributed by atoms with Crippen LogP contribution in [0.3, 0.4) is 0 Å². The van der Waals surface area contributed by atoms with Crippen molar-refractivity contribution in [3.8, 4) is 28.4 Å². The van der Waals surface area contributed by atoms with Crippen LogP contribution in [0.2, 0.25) is 0 Å². The van der Waals surface area contributed by atoms with Gasteiger partial charge in [-0.3, -0.25) is 4.79 Å². The third-order valence-corrected chi connectivity index (χ3v) is 7.88. The number of nitrogens with zero attached hydrogens (tertiary/aromatic N) is 4. The van der Waals surface area contributed by atoms with Crippen LogP contribution in [0.25, 0.3) is 10.2 Å². The first-order chi connectivity index (χ1) is 23.2. The Hall–Kier alpha value is -1.17. The molecule has 0 spiro atoms. The Bertz CT molecular complexity index is 1370. The fraction of sp³-hybridized carbons (Fsp3) is 0.531. The minimum atomic E-state index is -0.833. The summed E-state index contributed by atoms with van der Waals surface area (Å²) in [6.45, 7) is 9.64. The predicted molar refractivity (Wildman–Crippen MR) is 204 cm³/mol. The van der Waals surface area contributed by atoms with Crippen molar-refractivity contribution in [3.05, 3.63) is 30.3 Å². The van der Waals surface area contributed by atoms with Gasteiger partial charge in [0.2, 0.25) is 0 Å². The Kier molecular flexibility index (Phi) is 28.7. The Morgan fingerprint density at radius 2 is 1.37 bits per heavy atom. The summed E-state index contributed by atoms with van der Waals surface area (Å²) < 4.78 is 23.3. The molecule has 17 heteroatoms. The minimum absolute atomic E-state index is 0. The number of aromatic nitrogens is 1. The maximum atomic E-state index is 9.00. The number of nitrogen functional groups attached to an aromatic ring is 2. The number of thiocyanates is 1. The van der Waals surface area contributed by atoms with Crippen molar-refractivity contribution in [1.82, 2.24) is 14.8 Å². The quantitative estimate of drug-likeness (QED) is 0.0793. The van der Waals surface area contributed by atoms with Gasteiger partial charge in [-0.1, -0.05) is 16.7 Å². The number of hydrogen-bond donors (Lipinski definition) is 3. The molecule has 2 aliphatic rings. The van der Waals surface area contributed by atoms with Gasteiger partial charge in [-0.05, 0) is 76.8 Å². The fourth-order valence-corrected chi connectivity index (χ4v) is 5.73. The van der Waals surface area contributed by atoms with Crippen LogP contribution in [-0.2, 0) is 17.4 Å². The predicted octanol–water partition coefficient (Wildman–Crippen LogP) is 3.69. The zero-order chi connectivity index (χ0) is 35.7. The SMILES string of the molecule is BrBr.CC(=O)O.COc1cc2sc(N)nc2cc1OCCCN1CCCC1.COc1ccc(N)cc1OCCCN1CCCC1.N#C[S-].[K+]. The van der Waals surface area contributed by atoms with E-state index in [1.807, 2.05) is 30.3 Å². The van der Waals surface area contributed by atoms with Gasteiger partial charge in [0.1, 0.15) is 0 Å². The van der Waals surface area contributed by atoms with Crippen molar-refractivity contribution in [1.29, 1.82) is 5.26 Å². The van der Waals surface area contributed by atoms with E-state index in [1.54, 1.807) is 14.2 Å². The fourth-order valence-electron chi connectivity index (χ4n) is 4.99. The number of thiazole rings is 1. The summed E-state index contributed by atoms with van der Waals surface area (Å²) in [5, 5.41) is 16.5. The third-order valence-electron chi connectivity index (χ3n) is 7.03. The maximum absolute atomic E-state index is 9.00. The molecular formula is C32H47Br2KN6O6S2. The van der Waals surface area contributed by atoms with E-state index in [0.717, 1.165) is 66.1 Å². The van der Waals surface area contributed by atoms with Gasteiger partial charge >= 0.3 is 51.4 Å². The molecule has 268 valence electrons. The Balaban J connectivity index is 0.000000752. The molecule has 0 atom stereocenters. The second kappa shape index (κ2) is 29.4. The molecule has 3 heterocycles. The third kappa shape index (κ3) is 20.5. The summed E-state index contributed by atoms with van der Waals surface area (Å²) in [6.07, 6.45) is 7.40. The minimum Gasteiger partial charge on any atom is -0.696 e. The molecule has 0 bridgehead atoms. The monoisotopic (exact) mass is 872 g/mol. The van der Waals surface area contributed by atoms with E-state index >= 15 is 0 Å². The van der Waals surface area contributed by atoms with E-state index in [9.17, 15) is 0 Å². The zero-order valence-electron chi connectivity index (χ0n) is 28.8. The van der Waals surface area contributed by atoms with E-state index in [0.29, 0.717) is 24.0 Å². The number of carbonyl (C=O) groups is 1. The number of aliphatic carboxylic acids is 1. The normalized spacial score (nSPS) is 13.3. The molecule has 0 saturated carbocycles. The summed E-state index contributed by atoms with van der Waals surface area (Å²) in [5.74, 6) is 2.13. The van der Waals surface area contributed by atoms with Crippen molar-refractivity contribution < 1.29 is 80.2 Å². The number of hydrogen-bond acceptors (Lipinski definition) is 13. The van der Waals surface area contributed by atoms with Gasteiger partial charge in [-0.15, -0.1) is 0 Å². The average Bonchev–Trinajstić information content (AvgIpc) is 3.85. The molecule has 0 aliphatic carbocycles. The van der Waals surface area contributed by atoms with Crippen LogP contribution >= 0.6 is 39.6 Å². The molecule has 2 aromatic carbocycles. The number of fused-ring (bicyclic) bond motifs is 1. The van der Waals surface area contributed by atoms with E-state index in [-0.39, 0.29) is 51.4 Å². The molecule has 2 saturated heterocycles. The molecule has 5 N–H and O–H groups in total. The molecule has 0 amide bonds. The number of carboxylic acids is 1. The molecule has 12 nitrogen and oxygen atoms in total. The first kappa shape index (κ1) is 47.8. The van der Waals surface area contributed by atoms with Crippen LogP contribution in [0.4, 0.5) is 10.8 Å². The number of methoxy groups -OCH3 is 2. The molecular weight excluding hydrogens is 827 g/mol. The van der Waals surface area contributed by atoms with Crippen molar-refractivity contribution in [2.24, 2.45) is 0 Å². The number of anilines is 2. The number of carboxylic acid groups (broad SMARTS) is 1. The van der Waals surface area contributed by atoms with Crippen LogP contribution < -0.4 is 81.8 Å². The number of rotatable bonds is 12. The summed E-state index contributed by atoms with van der Waals surface area (Å²) in [5.41, 5.74) is 13.1. The van der Waals surface area contributed by atoms with Gasteiger partial charge in [0.25, 0.3) is 5.97 Å². The number of likely N-dealkylation sites (tertiary alicyclic amines) is 2. The topological polar surface area (TPSA) is 169 Å². The van der Waals surface area contributed by atoms with Gasteiger partial charge in [0, 0.05) is 72.2 Å². The smallest absolute Gasteiger partial charge is 0.696 e. The molecule has 49 heavy (non-hydrogen) atoms. The molecule has 1 aromatic heterocycles. The number of nitriles is 1.